The van der Waals surface area contributed by atoms with Crippen LogP contribution in [-0.2, 0) is 4.79 Å². The molecule has 0 saturated heterocycles. The van der Waals surface area contributed by atoms with Gasteiger partial charge in [0.15, 0.2) is 6.21 Å². The van der Waals surface area contributed by atoms with Crippen LogP contribution in [0.5, 0.6) is 0 Å². The quantitative estimate of drug-likeness (QED) is 0.488. The summed E-state index contributed by atoms with van der Waals surface area (Å²) in [6.07, 6.45) is 1.12. The molecule has 0 spiro atoms. The molecule has 0 radical (unpaired) electrons. The van der Waals surface area contributed by atoms with Crippen LogP contribution in [0.25, 0.3) is 0 Å². The minimum Gasteiger partial charge on any atom is -0.467 e. The van der Waals surface area contributed by atoms with E-state index in [2.05, 4.69) is 4.99 Å². The lowest BCUT2D eigenvalue weighted by molar-refractivity contribution is -0.132. The molecule has 1 aliphatic rings. The van der Waals surface area contributed by atoms with Crippen molar-refractivity contribution in [3.8, 4) is 0 Å². The molecule has 1 N–H and O–H groups in total. The van der Waals surface area contributed by atoms with E-state index in [1.807, 2.05) is 0 Å². The fraction of sp³-hybridized carbons (Fsp3) is 0. The first-order valence-electron chi connectivity index (χ1n) is 2.33. The Morgan fingerprint density at radius 2 is 2.40 bits per heavy atom. The third-order valence-electron chi connectivity index (χ3n) is 0.955. The maximum atomic E-state index is 10.3. The van der Waals surface area contributed by atoms with Gasteiger partial charge in [-0.25, -0.2) is 4.79 Å². The number of aliphatic carboxylic acids is 1. The number of carbonyl (C=O) groups is 1. The van der Waals surface area contributed by atoms with Crippen molar-refractivity contribution in [2.24, 2.45) is 4.99 Å². The summed E-state index contributed by atoms with van der Waals surface area (Å²) in [5, 5.41) is 8.39. The van der Waals surface area contributed by atoms with Gasteiger partial charge in [0.05, 0.1) is 0 Å². The van der Waals surface area contributed by atoms with Crippen molar-refractivity contribution in [2.75, 3.05) is 0 Å². The van der Waals surface area contributed by atoms with Crippen molar-refractivity contribution in [1.29, 1.82) is 0 Å². The molecule has 0 atom stereocenters. The van der Waals surface area contributed by atoms with Gasteiger partial charge in [-0.1, -0.05) is 4.99 Å². The van der Waals surface area contributed by atoms with Gasteiger partial charge >= 0.3 is 5.97 Å². The summed E-state index contributed by atoms with van der Waals surface area (Å²) < 4.78 is 0. The van der Waals surface area contributed by atoms with Crippen LogP contribution in [0.2, 0.25) is 0 Å². The van der Waals surface area contributed by atoms with Gasteiger partial charge < -0.3 is 5.11 Å². The first-order chi connectivity index (χ1) is 4.63. The summed E-state index contributed by atoms with van der Waals surface area (Å²) in [4.78, 5) is 13.7. The van der Waals surface area contributed by atoms with Crippen LogP contribution in [-0.4, -0.2) is 17.3 Å². The number of carboxylic acids is 1. The number of rotatable bonds is 1. The van der Waals surface area contributed by atoms with E-state index >= 15 is 0 Å². The second-order valence-corrected chi connectivity index (χ2v) is 2.32. The summed E-state index contributed by atoms with van der Waals surface area (Å²) >= 11 is 10.8. The van der Waals surface area contributed by atoms with Crippen molar-refractivity contribution in [3.05, 3.63) is 16.1 Å². The molecule has 0 aromatic carbocycles. The zero-order valence-corrected chi connectivity index (χ0v) is 6.15. The lowest BCUT2D eigenvalue weighted by Crippen LogP contribution is -2.00. The zero-order valence-electron chi connectivity index (χ0n) is 4.64. The summed E-state index contributed by atoms with van der Waals surface area (Å²) in [7, 11) is 0. The van der Waals surface area contributed by atoms with E-state index in [9.17, 15) is 4.79 Å². The Morgan fingerprint density at radius 1 is 1.80 bits per heavy atom. The highest BCUT2D eigenvalue weighted by molar-refractivity contribution is 6.46. The van der Waals surface area contributed by atoms with Gasteiger partial charge in [-0.3, -0.25) is 0 Å². The lowest BCUT2D eigenvalue weighted by atomic mass is 10.3. The number of hydrogen-bond donors (Lipinski definition) is 1. The van der Waals surface area contributed by atoms with Crippen LogP contribution in [0.1, 0.15) is 0 Å². The summed E-state index contributed by atoms with van der Waals surface area (Å²) in [6.45, 7) is 0. The minimum atomic E-state index is -1.12. The topological polar surface area (TPSA) is 49.7 Å². The van der Waals surface area contributed by atoms with Crippen LogP contribution < -0.4 is 0 Å². The predicted octanol–water partition coefficient (Wildman–Crippen LogP) is 1.38. The molecule has 10 heavy (non-hydrogen) atoms. The molecule has 1 aliphatic heterocycles. The van der Waals surface area contributed by atoms with Crippen molar-refractivity contribution in [1.82, 2.24) is 0 Å². The average Bonchev–Trinajstić information content (AvgIpc) is 2.14. The molecule has 1 heterocycles. The van der Waals surface area contributed by atoms with E-state index in [1.54, 1.807) is 0 Å². The Balaban J connectivity index is 2.96. The minimum absolute atomic E-state index is 0.00540. The molecule has 0 fully saturated rings. The highest BCUT2D eigenvalue weighted by Gasteiger charge is 2.34. The highest BCUT2D eigenvalue weighted by Crippen LogP contribution is 2.30. The fourth-order valence-electron chi connectivity index (χ4n) is 0.495. The molecule has 5 heteroatoms. The summed E-state index contributed by atoms with van der Waals surface area (Å²) in [5.41, 5.74) is -0.0364. The summed E-state index contributed by atoms with van der Waals surface area (Å²) in [6, 6.07) is 0. The molecular weight excluding hydrogens is 177 g/mol. The Kier molecular flexibility index (Phi) is 1.87. The van der Waals surface area contributed by atoms with Gasteiger partial charge in [-0.15, -0.1) is 0 Å². The van der Waals surface area contributed by atoms with Crippen molar-refractivity contribution < 1.29 is 9.90 Å². The van der Waals surface area contributed by atoms with E-state index in [0.29, 0.717) is 0 Å². The molecule has 1 rings (SSSR count). The maximum absolute atomic E-state index is 10.3. The number of aliphatic imine (C=N–C) groups is 1. The summed E-state index contributed by atoms with van der Waals surface area (Å²) in [5.74, 6) is -1.12. The normalized spacial score (nSPS) is 16.8. The molecule has 3 nitrogen and oxygen atoms in total. The maximum Gasteiger partial charge on any atom is 0.409 e. The molecular formula is C5H2Cl2NO2+. The van der Waals surface area contributed by atoms with Crippen LogP contribution in [0.4, 0.5) is 0 Å². The molecule has 52 valence electrons. The second kappa shape index (κ2) is 2.52. The second-order valence-electron chi connectivity index (χ2n) is 1.58. The number of hydrogen-bond acceptors (Lipinski definition) is 2. The van der Waals surface area contributed by atoms with Gasteiger partial charge in [0.1, 0.15) is 0 Å². The molecule has 0 unspecified atom stereocenters. The monoisotopic (exact) mass is 178 g/mol. The van der Waals surface area contributed by atoms with E-state index in [4.69, 9.17) is 28.3 Å². The first kappa shape index (κ1) is 7.44. The van der Waals surface area contributed by atoms with E-state index < -0.39 is 5.97 Å². The van der Waals surface area contributed by atoms with Crippen LogP contribution in [0.15, 0.2) is 15.6 Å². The third kappa shape index (κ3) is 1.10. The molecule has 0 bridgehead atoms. The van der Waals surface area contributed by atoms with Crippen LogP contribution in [0.3, 0.4) is 0 Å². The third-order valence-corrected chi connectivity index (χ3v) is 1.72. The van der Waals surface area contributed by atoms with Crippen LogP contribution >= 0.6 is 23.2 Å². The Bertz CT molecular complexity index is 234. The van der Waals surface area contributed by atoms with Gasteiger partial charge in [-0.05, 0) is 11.6 Å². The predicted molar refractivity (Wildman–Crippen MR) is 38.1 cm³/mol. The molecule has 0 aliphatic carbocycles. The van der Waals surface area contributed by atoms with Gasteiger partial charge in [0, 0.05) is 11.6 Å². The fourth-order valence-corrected chi connectivity index (χ4v) is 0.824. The smallest absolute Gasteiger partial charge is 0.409 e. The Morgan fingerprint density at radius 3 is 2.60 bits per heavy atom. The SMILES string of the molecule is O=C(O)C1=C(Cl)[C+](Cl)N=C1. The highest BCUT2D eigenvalue weighted by atomic mass is 35.5. The van der Waals surface area contributed by atoms with Crippen molar-refractivity contribution in [3.63, 3.8) is 0 Å². The molecule has 0 amide bonds. The zero-order chi connectivity index (χ0) is 7.72. The van der Waals surface area contributed by atoms with E-state index in [-0.39, 0.29) is 16.1 Å². The van der Waals surface area contributed by atoms with Crippen molar-refractivity contribution in [2.45, 2.75) is 0 Å². The number of nitrogens with zero attached hydrogens (tertiary/aromatic N) is 1. The van der Waals surface area contributed by atoms with Gasteiger partial charge in [0.25, 0.3) is 5.50 Å². The average molecular weight is 179 g/mol. The first-order valence-corrected chi connectivity index (χ1v) is 3.08. The van der Waals surface area contributed by atoms with Gasteiger partial charge in [-0.2, -0.15) is 0 Å². The van der Waals surface area contributed by atoms with Crippen LogP contribution in [0, 0.1) is 5.50 Å². The molecule has 0 saturated carbocycles. The van der Waals surface area contributed by atoms with Gasteiger partial charge in [0.2, 0.25) is 10.6 Å². The Labute approximate surface area is 67.0 Å². The number of halogens is 2. The molecule has 0 aromatic heterocycles. The van der Waals surface area contributed by atoms with Crippen molar-refractivity contribution >= 4 is 35.4 Å². The van der Waals surface area contributed by atoms with E-state index in [0.717, 1.165) is 6.21 Å². The van der Waals surface area contributed by atoms with E-state index in [1.165, 1.54) is 0 Å². The Hall–Kier alpha value is -0.670. The lowest BCUT2D eigenvalue weighted by Gasteiger charge is -1.82. The number of carboxylic acid groups (broad SMARTS) is 1. The largest absolute Gasteiger partial charge is 0.467 e. The standard InChI is InChI=1S/C5HCl2NO2/c6-3-2(5(9)10)1-8-4(3)7/h1H/p+1. The molecule has 0 aromatic rings.